The van der Waals surface area contributed by atoms with Crippen LogP contribution in [0.25, 0.3) is 0 Å². The van der Waals surface area contributed by atoms with Gasteiger partial charge in [0, 0.05) is 10.9 Å². The van der Waals surface area contributed by atoms with Crippen molar-refractivity contribution in [3.63, 3.8) is 0 Å². The van der Waals surface area contributed by atoms with Crippen LogP contribution < -0.4 is 10.3 Å². The fourth-order valence-electron chi connectivity index (χ4n) is 3.11. The first-order chi connectivity index (χ1) is 12.2. The number of piperidine rings is 1. The SMILES string of the molecule is CC(C)Br.CC(C)N1CCC(S(N)(=O)=O)CC1.NS(=O)(=O)C1CCCCC1. The number of hydrogen-bond donors (Lipinski definition) is 2. The van der Waals surface area contributed by atoms with Crippen LogP contribution in [0.3, 0.4) is 0 Å². The van der Waals surface area contributed by atoms with E-state index in [-0.39, 0.29) is 10.5 Å². The van der Waals surface area contributed by atoms with E-state index in [1.807, 2.05) is 0 Å². The molecule has 2 fully saturated rings. The lowest BCUT2D eigenvalue weighted by Crippen LogP contribution is -2.44. The summed E-state index contributed by atoms with van der Waals surface area (Å²) < 4.78 is 43.6. The molecule has 1 aliphatic carbocycles. The molecule has 1 saturated heterocycles. The van der Waals surface area contributed by atoms with Crippen molar-refractivity contribution in [2.45, 2.75) is 94.0 Å². The lowest BCUT2D eigenvalue weighted by atomic mass is 10.0. The molecule has 2 aliphatic rings. The lowest BCUT2D eigenvalue weighted by molar-refractivity contribution is 0.186. The van der Waals surface area contributed by atoms with Gasteiger partial charge in [-0.1, -0.05) is 49.0 Å². The van der Waals surface area contributed by atoms with Gasteiger partial charge in [-0.2, -0.15) is 0 Å². The third kappa shape index (κ3) is 13.2. The number of likely N-dealkylation sites (tertiary alicyclic amines) is 1. The van der Waals surface area contributed by atoms with Crippen LogP contribution in [0.15, 0.2) is 0 Å². The summed E-state index contributed by atoms with van der Waals surface area (Å²) in [6, 6.07) is 0.501. The summed E-state index contributed by atoms with van der Waals surface area (Å²) in [6.07, 6.45) is 6.07. The topological polar surface area (TPSA) is 124 Å². The van der Waals surface area contributed by atoms with Crippen LogP contribution in [-0.2, 0) is 20.0 Å². The second-order valence-corrected chi connectivity index (χ2v) is 13.3. The van der Waals surface area contributed by atoms with Gasteiger partial charge in [-0.3, -0.25) is 0 Å². The molecule has 0 aromatic carbocycles. The Morgan fingerprint density at radius 2 is 1.11 bits per heavy atom. The van der Waals surface area contributed by atoms with E-state index in [0.29, 0.717) is 23.7 Å². The quantitative estimate of drug-likeness (QED) is 0.586. The first-order valence-corrected chi connectivity index (χ1v) is 13.8. The number of nitrogens with zero attached hydrogens (tertiary/aromatic N) is 1. The van der Waals surface area contributed by atoms with Crippen molar-refractivity contribution in [2.75, 3.05) is 13.1 Å². The van der Waals surface area contributed by atoms with E-state index in [2.05, 4.69) is 48.5 Å². The van der Waals surface area contributed by atoms with Crippen molar-refractivity contribution in [2.24, 2.45) is 10.3 Å². The molecule has 1 aliphatic heterocycles. The summed E-state index contributed by atoms with van der Waals surface area (Å²) in [5.41, 5.74) is 0. The van der Waals surface area contributed by atoms with Crippen LogP contribution in [0.1, 0.15) is 72.6 Å². The molecule has 10 heteroatoms. The summed E-state index contributed by atoms with van der Waals surface area (Å²) in [7, 11) is -6.53. The number of hydrogen-bond acceptors (Lipinski definition) is 5. The minimum Gasteiger partial charge on any atom is -0.301 e. The highest BCUT2D eigenvalue weighted by Crippen LogP contribution is 2.21. The minimum atomic E-state index is -3.30. The maximum Gasteiger partial charge on any atom is 0.212 e. The molecular weight excluding hydrogens is 454 g/mol. The Morgan fingerprint density at radius 1 is 0.778 bits per heavy atom. The molecule has 1 saturated carbocycles. The monoisotopic (exact) mass is 491 g/mol. The van der Waals surface area contributed by atoms with Gasteiger partial charge in [-0.25, -0.2) is 27.1 Å². The Morgan fingerprint density at radius 3 is 1.37 bits per heavy atom. The van der Waals surface area contributed by atoms with Crippen LogP contribution in [0, 0.1) is 0 Å². The number of nitrogens with two attached hydrogens (primary N) is 2. The normalized spacial score (nSPS) is 20.6. The third-order valence-electron chi connectivity index (χ3n) is 4.69. The molecule has 2 rings (SSSR count). The highest BCUT2D eigenvalue weighted by Gasteiger charge is 2.27. The van der Waals surface area contributed by atoms with Crippen LogP contribution in [0.4, 0.5) is 0 Å². The van der Waals surface area contributed by atoms with Crippen LogP contribution >= 0.6 is 15.9 Å². The van der Waals surface area contributed by atoms with Crippen molar-refractivity contribution < 1.29 is 16.8 Å². The van der Waals surface area contributed by atoms with Crippen LogP contribution in [0.2, 0.25) is 0 Å². The summed E-state index contributed by atoms with van der Waals surface area (Å²) in [4.78, 5) is 2.93. The summed E-state index contributed by atoms with van der Waals surface area (Å²) in [5.74, 6) is 0. The lowest BCUT2D eigenvalue weighted by Gasteiger charge is -2.33. The molecular formula is C17H38BrN3O4S2. The van der Waals surface area contributed by atoms with Crippen molar-refractivity contribution in [1.29, 1.82) is 0 Å². The Kier molecular flexibility index (Phi) is 12.9. The fourth-order valence-corrected chi connectivity index (χ4v) is 4.97. The van der Waals surface area contributed by atoms with Gasteiger partial charge in [-0.05, 0) is 52.6 Å². The molecule has 1 heterocycles. The first-order valence-electron chi connectivity index (χ1n) is 9.66. The highest BCUT2D eigenvalue weighted by atomic mass is 79.9. The van der Waals surface area contributed by atoms with Crippen molar-refractivity contribution in [3.8, 4) is 0 Å². The van der Waals surface area contributed by atoms with Gasteiger partial charge in [0.15, 0.2) is 0 Å². The zero-order valence-corrected chi connectivity index (χ0v) is 20.3. The largest absolute Gasteiger partial charge is 0.301 e. The van der Waals surface area contributed by atoms with Gasteiger partial charge in [0.05, 0.1) is 10.5 Å². The number of alkyl halides is 1. The molecule has 0 atom stereocenters. The smallest absolute Gasteiger partial charge is 0.212 e. The third-order valence-corrected chi connectivity index (χ3v) is 7.49. The number of rotatable bonds is 3. The molecule has 164 valence electrons. The first kappa shape index (κ1) is 27.3. The molecule has 0 radical (unpaired) electrons. The van der Waals surface area contributed by atoms with E-state index in [1.165, 1.54) is 0 Å². The zero-order chi connectivity index (χ0) is 21.3. The van der Waals surface area contributed by atoms with E-state index in [9.17, 15) is 16.8 Å². The van der Waals surface area contributed by atoms with Gasteiger partial charge in [0.1, 0.15) is 0 Å². The second kappa shape index (κ2) is 12.7. The molecule has 0 aromatic rings. The van der Waals surface area contributed by atoms with Gasteiger partial charge >= 0.3 is 0 Å². The molecule has 0 spiro atoms. The average Bonchev–Trinajstić information content (AvgIpc) is 2.54. The molecule has 7 nitrogen and oxygen atoms in total. The van der Waals surface area contributed by atoms with Gasteiger partial charge in [0.2, 0.25) is 20.0 Å². The van der Waals surface area contributed by atoms with Gasteiger partial charge < -0.3 is 4.90 Å². The van der Waals surface area contributed by atoms with Gasteiger partial charge in [0.25, 0.3) is 0 Å². The fraction of sp³-hybridized carbons (Fsp3) is 1.00. The summed E-state index contributed by atoms with van der Waals surface area (Å²) in [6.45, 7) is 10.1. The Hall–Kier alpha value is 0.260. The highest BCUT2D eigenvalue weighted by molar-refractivity contribution is 9.09. The number of halogens is 1. The van der Waals surface area contributed by atoms with E-state index < -0.39 is 20.0 Å². The molecule has 27 heavy (non-hydrogen) atoms. The zero-order valence-electron chi connectivity index (χ0n) is 17.1. The Labute approximate surface area is 174 Å². The van der Waals surface area contributed by atoms with Crippen LogP contribution in [0.5, 0.6) is 0 Å². The maximum absolute atomic E-state index is 11.0. The predicted octanol–water partition coefficient (Wildman–Crippen LogP) is 2.55. The predicted molar refractivity (Wildman–Crippen MR) is 117 cm³/mol. The minimum absolute atomic E-state index is 0.249. The Balaban J connectivity index is 0.000000428. The van der Waals surface area contributed by atoms with E-state index in [4.69, 9.17) is 10.3 Å². The van der Waals surface area contributed by atoms with E-state index >= 15 is 0 Å². The second-order valence-electron chi connectivity index (χ2n) is 7.78. The number of primary sulfonamides is 2. The van der Waals surface area contributed by atoms with E-state index in [1.54, 1.807) is 0 Å². The van der Waals surface area contributed by atoms with Crippen LogP contribution in [-0.4, -0.2) is 56.2 Å². The molecule has 4 N–H and O–H groups in total. The molecule has 0 unspecified atom stereocenters. The summed E-state index contributed by atoms with van der Waals surface area (Å²) in [5, 5.41) is 9.50. The Bertz CT molecular complexity index is 593. The van der Waals surface area contributed by atoms with E-state index in [0.717, 1.165) is 45.2 Å². The maximum atomic E-state index is 11.0. The molecule has 0 bridgehead atoms. The number of sulfonamides is 2. The summed E-state index contributed by atoms with van der Waals surface area (Å²) >= 11 is 3.27. The molecule has 0 aromatic heterocycles. The van der Waals surface area contributed by atoms with Crippen molar-refractivity contribution in [1.82, 2.24) is 4.90 Å². The van der Waals surface area contributed by atoms with Crippen molar-refractivity contribution in [3.05, 3.63) is 0 Å². The standard InChI is InChI=1S/C8H18N2O2S.C6H13NO2S.C3H7Br/c1-7(2)10-5-3-8(4-6-10)13(9,11)12;7-10(8,9)6-4-2-1-3-5-6;1-3(2)4/h7-8H,3-6H2,1-2H3,(H2,9,11,12);6H,1-5H2,(H2,7,8,9);3H,1-2H3. The molecule has 0 amide bonds. The average molecular weight is 493 g/mol. The van der Waals surface area contributed by atoms with Gasteiger partial charge in [-0.15, -0.1) is 0 Å². The van der Waals surface area contributed by atoms with Crippen molar-refractivity contribution >= 4 is 36.0 Å².